The molecule has 3 aromatic carbocycles. The third-order valence-corrected chi connectivity index (χ3v) is 7.54. The maximum atomic E-state index is 14.6. The van der Waals surface area contributed by atoms with Crippen LogP contribution in [0.25, 0.3) is 43.6 Å². The Balaban J connectivity index is 1.69. The number of carbonyl (C=O) groups excluding carboxylic acids is 1. The van der Waals surface area contributed by atoms with Gasteiger partial charge in [0.2, 0.25) is 0 Å². The van der Waals surface area contributed by atoms with Crippen LogP contribution in [0.4, 0.5) is 13.2 Å². The molecule has 0 radical (unpaired) electrons. The molecule has 37 heavy (non-hydrogen) atoms. The molecule has 5 aromatic rings. The highest BCUT2D eigenvalue weighted by atomic mass is 19.1. The smallest absolute Gasteiger partial charge is 0.252 e. The summed E-state index contributed by atoms with van der Waals surface area (Å²) < 4.78 is 50.7. The molecule has 0 bridgehead atoms. The fraction of sp³-hybridized carbons (Fsp3) is 0.269. The number of nitrogens with zero attached hydrogens (tertiary/aromatic N) is 1. The van der Waals surface area contributed by atoms with Crippen LogP contribution in [0, 0.1) is 11.6 Å². The molecule has 2 aliphatic rings. The van der Waals surface area contributed by atoms with Gasteiger partial charge in [0, 0.05) is 33.6 Å². The van der Waals surface area contributed by atoms with Gasteiger partial charge in [-0.15, -0.1) is 0 Å². The second-order valence-corrected chi connectivity index (χ2v) is 9.53. The van der Waals surface area contributed by atoms with Gasteiger partial charge in [0.1, 0.15) is 29.9 Å². The number of ether oxygens (including phenoxy) is 1. The van der Waals surface area contributed by atoms with Crippen molar-refractivity contribution in [1.82, 2.24) is 14.9 Å². The molecule has 4 heterocycles. The molecule has 8 nitrogen and oxygen atoms in total. The minimum Gasteiger partial charge on any atom is -0.394 e. The minimum absolute atomic E-state index is 0.126. The van der Waals surface area contributed by atoms with E-state index in [1.807, 2.05) is 0 Å². The first-order valence-corrected chi connectivity index (χ1v) is 11.7. The van der Waals surface area contributed by atoms with Crippen LogP contribution in [0.5, 0.6) is 0 Å². The quantitative estimate of drug-likeness (QED) is 0.250. The maximum absolute atomic E-state index is 14.6. The summed E-state index contributed by atoms with van der Waals surface area (Å²) in [5, 5.41) is 35.7. The third-order valence-electron chi connectivity index (χ3n) is 7.54. The summed E-state index contributed by atoms with van der Waals surface area (Å²) in [5.74, 6) is -1.41. The van der Waals surface area contributed by atoms with E-state index in [9.17, 15) is 33.3 Å². The molecule has 0 unspecified atom stereocenters. The lowest BCUT2D eigenvalue weighted by Crippen LogP contribution is -2.54. The SMILES string of the molecule is O=C1NCc2c1c1c3cc(F)ccc3[nH]c1c1c2c2cc(F)ccc2n1[C@@H]1O[C@H](CO)[C@@H](F)[C@H](O)[C@H]1O. The molecule has 0 saturated carbocycles. The van der Waals surface area contributed by atoms with E-state index in [0.29, 0.717) is 54.7 Å². The molecule has 5 N–H and O–H groups in total. The first kappa shape index (κ1) is 22.5. The number of fused-ring (bicyclic) bond motifs is 10. The number of hydrogen-bond acceptors (Lipinski definition) is 5. The van der Waals surface area contributed by atoms with E-state index in [0.717, 1.165) is 0 Å². The van der Waals surface area contributed by atoms with Gasteiger partial charge in [-0.1, -0.05) is 0 Å². The Bertz CT molecular complexity index is 1780. The highest BCUT2D eigenvalue weighted by molar-refractivity contribution is 6.30. The van der Waals surface area contributed by atoms with Gasteiger partial charge in [-0.2, -0.15) is 0 Å². The number of amides is 1. The lowest BCUT2D eigenvalue weighted by atomic mass is 9.96. The Kier molecular flexibility index (Phi) is 4.68. The predicted molar refractivity (Wildman–Crippen MR) is 128 cm³/mol. The number of nitrogens with one attached hydrogen (secondary N) is 2. The zero-order chi connectivity index (χ0) is 25.7. The van der Waals surface area contributed by atoms with Crippen LogP contribution in [0.3, 0.4) is 0 Å². The third kappa shape index (κ3) is 2.90. The first-order chi connectivity index (χ1) is 17.8. The molecule has 0 spiro atoms. The first-order valence-electron chi connectivity index (χ1n) is 11.7. The van der Waals surface area contributed by atoms with Crippen molar-refractivity contribution in [2.75, 3.05) is 6.61 Å². The normalized spacial score (nSPS) is 26.0. The highest BCUT2D eigenvalue weighted by Crippen LogP contribution is 2.46. The Hall–Kier alpha value is -3.64. The van der Waals surface area contributed by atoms with Gasteiger partial charge in [-0.3, -0.25) is 4.79 Å². The van der Waals surface area contributed by atoms with E-state index in [1.54, 1.807) is 0 Å². The molecule has 11 heteroatoms. The van der Waals surface area contributed by atoms with Crippen molar-refractivity contribution >= 4 is 49.5 Å². The molecule has 1 fully saturated rings. The van der Waals surface area contributed by atoms with Crippen LogP contribution < -0.4 is 5.32 Å². The average Bonchev–Trinajstić information content (AvgIpc) is 3.54. The fourth-order valence-electron chi connectivity index (χ4n) is 5.93. The van der Waals surface area contributed by atoms with Gasteiger partial charge in [-0.25, -0.2) is 13.2 Å². The van der Waals surface area contributed by atoms with Gasteiger partial charge in [-0.05, 0) is 42.0 Å². The number of aromatic amines is 1. The van der Waals surface area contributed by atoms with Gasteiger partial charge >= 0.3 is 0 Å². The van der Waals surface area contributed by atoms with Crippen molar-refractivity contribution < 1.29 is 38.0 Å². The molecule has 7 rings (SSSR count). The van der Waals surface area contributed by atoms with E-state index >= 15 is 0 Å². The molecule has 5 atom stereocenters. The lowest BCUT2D eigenvalue weighted by molar-refractivity contribution is -0.233. The van der Waals surface area contributed by atoms with Crippen molar-refractivity contribution in [1.29, 1.82) is 0 Å². The van der Waals surface area contributed by atoms with Crippen LogP contribution >= 0.6 is 0 Å². The monoisotopic (exact) mass is 511 g/mol. The number of rotatable bonds is 2. The molecule has 1 saturated heterocycles. The topological polar surface area (TPSA) is 120 Å². The highest BCUT2D eigenvalue weighted by Gasteiger charge is 2.46. The van der Waals surface area contributed by atoms with Crippen LogP contribution in [0.2, 0.25) is 0 Å². The van der Waals surface area contributed by atoms with E-state index in [2.05, 4.69) is 10.3 Å². The van der Waals surface area contributed by atoms with Crippen LogP contribution in [0.1, 0.15) is 22.1 Å². The largest absolute Gasteiger partial charge is 0.394 e. The number of halogens is 3. The molecule has 2 aliphatic heterocycles. The summed E-state index contributed by atoms with van der Waals surface area (Å²) in [6.07, 6.45) is -8.45. The van der Waals surface area contributed by atoms with Gasteiger partial charge in [0.15, 0.2) is 12.4 Å². The lowest BCUT2D eigenvalue weighted by Gasteiger charge is -2.40. The number of aliphatic hydroxyl groups is 3. The predicted octanol–water partition coefficient (Wildman–Crippen LogP) is 2.90. The zero-order valence-electron chi connectivity index (χ0n) is 19.0. The van der Waals surface area contributed by atoms with Crippen molar-refractivity contribution in [3.63, 3.8) is 0 Å². The number of carbonyl (C=O) groups is 1. The van der Waals surface area contributed by atoms with Crippen molar-refractivity contribution in [3.05, 3.63) is 59.2 Å². The standard InChI is InChI=1S/C26H20F3N3O5/c27-9-1-3-14-11(5-9)18-19-13(7-30-25(19)36)17-12-6-10(28)2-4-15(12)32(22(17)21(18)31-14)26-24(35)23(34)20(29)16(8-33)37-26/h1-6,16,20,23-24,26,31,33-35H,7-8H2,(H,30,36)/t16-,20-,23+,24-,26-/m1/s1. The summed E-state index contributed by atoms with van der Waals surface area (Å²) >= 11 is 0. The average molecular weight is 511 g/mol. The number of benzene rings is 3. The Morgan fingerprint density at radius 3 is 2.51 bits per heavy atom. The van der Waals surface area contributed by atoms with Crippen LogP contribution in [-0.2, 0) is 11.3 Å². The number of aromatic nitrogens is 2. The van der Waals surface area contributed by atoms with Crippen molar-refractivity contribution in [3.8, 4) is 0 Å². The Morgan fingerprint density at radius 1 is 1.03 bits per heavy atom. The zero-order valence-corrected chi connectivity index (χ0v) is 19.0. The van der Waals surface area contributed by atoms with Crippen LogP contribution in [0.15, 0.2) is 36.4 Å². The second kappa shape index (κ2) is 7.68. The Labute approximate surface area is 205 Å². The summed E-state index contributed by atoms with van der Waals surface area (Å²) in [4.78, 5) is 16.2. The van der Waals surface area contributed by atoms with Gasteiger partial charge < -0.3 is 34.9 Å². The van der Waals surface area contributed by atoms with E-state index in [4.69, 9.17) is 4.74 Å². The summed E-state index contributed by atoms with van der Waals surface area (Å²) in [6, 6.07) is 8.09. The maximum Gasteiger partial charge on any atom is 0.252 e. The molecular formula is C26H20F3N3O5. The molecule has 0 aliphatic carbocycles. The minimum atomic E-state index is -2.04. The van der Waals surface area contributed by atoms with E-state index < -0.39 is 49.0 Å². The summed E-state index contributed by atoms with van der Waals surface area (Å²) in [6.45, 7) is -0.622. The molecule has 1 amide bonds. The summed E-state index contributed by atoms with van der Waals surface area (Å²) in [5.41, 5.74) is 2.60. The van der Waals surface area contributed by atoms with Crippen molar-refractivity contribution in [2.45, 2.75) is 37.3 Å². The van der Waals surface area contributed by atoms with E-state index in [-0.39, 0.29) is 12.5 Å². The molecule has 190 valence electrons. The molecule has 2 aromatic heterocycles. The van der Waals surface area contributed by atoms with Crippen LogP contribution in [-0.4, -0.2) is 61.9 Å². The summed E-state index contributed by atoms with van der Waals surface area (Å²) in [7, 11) is 0. The second-order valence-electron chi connectivity index (χ2n) is 9.53. The van der Waals surface area contributed by atoms with Gasteiger partial charge in [0.25, 0.3) is 5.91 Å². The number of hydrogen-bond donors (Lipinski definition) is 5. The number of alkyl halides is 1. The van der Waals surface area contributed by atoms with Gasteiger partial charge in [0.05, 0.1) is 28.7 Å². The van der Waals surface area contributed by atoms with Crippen molar-refractivity contribution in [2.24, 2.45) is 0 Å². The number of H-pyrrole nitrogens is 1. The van der Waals surface area contributed by atoms with E-state index in [1.165, 1.54) is 41.0 Å². The Morgan fingerprint density at radius 2 is 1.76 bits per heavy atom. The molecular weight excluding hydrogens is 491 g/mol. The fourth-order valence-corrected chi connectivity index (χ4v) is 5.93. The number of aliphatic hydroxyl groups excluding tert-OH is 3.